The van der Waals surface area contributed by atoms with Crippen molar-refractivity contribution < 1.29 is 4.74 Å². The topological polar surface area (TPSA) is 58.5 Å². The summed E-state index contributed by atoms with van der Waals surface area (Å²) in [5.74, 6) is 1.44. The number of rotatable bonds is 5. The molecule has 5 nitrogen and oxygen atoms in total. The number of fused-ring (bicyclic) bond motifs is 1. The first-order valence-corrected chi connectivity index (χ1v) is 8.22. The van der Waals surface area contributed by atoms with E-state index in [2.05, 4.69) is 39.9 Å². The number of halogens is 1. The molecule has 2 N–H and O–H groups in total. The summed E-state index contributed by atoms with van der Waals surface area (Å²) < 4.78 is 5.39. The molecular formula is C18H25IN4O. The second-order valence-corrected chi connectivity index (χ2v) is 5.85. The second-order valence-electron chi connectivity index (χ2n) is 5.85. The maximum absolute atomic E-state index is 5.39. The van der Waals surface area contributed by atoms with Crippen LogP contribution in [-0.2, 0) is 11.2 Å². The number of ether oxygens (including phenoxy) is 1. The van der Waals surface area contributed by atoms with Gasteiger partial charge in [-0.3, -0.25) is 9.98 Å². The van der Waals surface area contributed by atoms with Gasteiger partial charge >= 0.3 is 0 Å². The van der Waals surface area contributed by atoms with Crippen LogP contribution < -0.4 is 10.6 Å². The maximum atomic E-state index is 5.39. The molecule has 2 aromatic rings. The molecule has 1 aliphatic rings. The number of hydrogen-bond donors (Lipinski definition) is 2. The molecule has 3 rings (SSSR count). The van der Waals surface area contributed by atoms with Crippen molar-refractivity contribution in [2.75, 3.05) is 33.4 Å². The number of hydrogen-bond acceptors (Lipinski definition) is 3. The van der Waals surface area contributed by atoms with Crippen molar-refractivity contribution in [3.05, 3.63) is 42.1 Å². The van der Waals surface area contributed by atoms with E-state index in [1.54, 1.807) is 7.05 Å². The summed E-state index contributed by atoms with van der Waals surface area (Å²) in [6, 6.07) is 12.4. The minimum Gasteiger partial charge on any atom is -0.381 e. The molecular weight excluding hydrogens is 415 g/mol. The second kappa shape index (κ2) is 9.78. The lowest BCUT2D eigenvalue weighted by Crippen LogP contribution is -2.40. The highest BCUT2D eigenvalue weighted by Crippen LogP contribution is 2.12. The molecule has 1 aromatic heterocycles. The van der Waals surface area contributed by atoms with Crippen molar-refractivity contribution in [1.29, 1.82) is 0 Å². The van der Waals surface area contributed by atoms with E-state index in [0.29, 0.717) is 5.92 Å². The Bertz CT molecular complexity index is 671. The van der Waals surface area contributed by atoms with Gasteiger partial charge in [0.15, 0.2) is 5.96 Å². The standard InChI is InChI=1S/C18H24N4O.HI/c1-19-18(21-12-14-9-11-23-13-14)20-10-8-16-7-6-15-4-2-3-5-17(15)22-16;/h2-7,14H,8-13H2,1H3,(H2,19,20,21);1H. The Hall–Kier alpha value is -1.41. The van der Waals surface area contributed by atoms with E-state index in [1.807, 2.05) is 12.1 Å². The van der Waals surface area contributed by atoms with Crippen LogP contribution in [0.25, 0.3) is 10.9 Å². The van der Waals surface area contributed by atoms with Crippen molar-refractivity contribution in [2.45, 2.75) is 12.8 Å². The highest BCUT2D eigenvalue weighted by molar-refractivity contribution is 14.0. The largest absolute Gasteiger partial charge is 0.381 e. The Morgan fingerprint density at radius 3 is 2.92 bits per heavy atom. The number of benzene rings is 1. The third kappa shape index (κ3) is 5.31. The van der Waals surface area contributed by atoms with Gasteiger partial charge in [0.05, 0.1) is 12.1 Å². The molecule has 24 heavy (non-hydrogen) atoms. The first-order chi connectivity index (χ1) is 11.3. The summed E-state index contributed by atoms with van der Waals surface area (Å²) in [4.78, 5) is 8.95. The molecule has 6 heteroatoms. The molecule has 1 atom stereocenters. The smallest absolute Gasteiger partial charge is 0.191 e. The molecule has 0 amide bonds. The van der Waals surface area contributed by atoms with E-state index in [-0.39, 0.29) is 24.0 Å². The van der Waals surface area contributed by atoms with Gasteiger partial charge in [0.2, 0.25) is 0 Å². The van der Waals surface area contributed by atoms with Crippen molar-refractivity contribution in [3.63, 3.8) is 0 Å². The fourth-order valence-electron chi connectivity index (χ4n) is 2.76. The third-order valence-corrected chi connectivity index (χ3v) is 4.14. The lowest BCUT2D eigenvalue weighted by molar-refractivity contribution is 0.186. The average Bonchev–Trinajstić information content (AvgIpc) is 3.11. The molecule has 1 unspecified atom stereocenters. The van der Waals surface area contributed by atoms with Crippen molar-refractivity contribution in [3.8, 4) is 0 Å². The Kier molecular flexibility index (Phi) is 7.71. The molecule has 130 valence electrons. The number of para-hydroxylation sites is 1. The van der Waals surface area contributed by atoms with E-state index >= 15 is 0 Å². The summed E-state index contributed by atoms with van der Waals surface area (Å²) in [5.41, 5.74) is 2.14. The lowest BCUT2D eigenvalue weighted by atomic mass is 10.1. The van der Waals surface area contributed by atoms with Crippen LogP contribution in [0.3, 0.4) is 0 Å². The van der Waals surface area contributed by atoms with Gasteiger partial charge in [0.25, 0.3) is 0 Å². The van der Waals surface area contributed by atoms with Crippen LogP contribution >= 0.6 is 24.0 Å². The summed E-state index contributed by atoms with van der Waals surface area (Å²) in [6.07, 6.45) is 2.00. The van der Waals surface area contributed by atoms with Crippen LogP contribution in [0.2, 0.25) is 0 Å². The van der Waals surface area contributed by atoms with Crippen LogP contribution in [0, 0.1) is 5.92 Å². The van der Waals surface area contributed by atoms with Gasteiger partial charge in [0.1, 0.15) is 0 Å². The first-order valence-electron chi connectivity index (χ1n) is 8.22. The number of aromatic nitrogens is 1. The first kappa shape index (κ1) is 18.9. The van der Waals surface area contributed by atoms with Crippen molar-refractivity contribution >= 4 is 40.8 Å². The zero-order chi connectivity index (χ0) is 15.9. The Labute approximate surface area is 160 Å². The van der Waals surface area contributed by atoms with E-state index in [1.165, 1.54) is 5.39 Å². The zero-order valence-corrected chi connectivity index (χ0v) is 16.3. The Morgan fingerprint density at radius 2 is 2.12 bits per heavy atom. The van der Waals surface area contributed by atoms with E-state index < -0.39 is 0 Å². The number of guanidine groups is 1. The van der Waals surface area contributed by atoms with Crippen LogP contribution in [-0.4, -0.2) is 44.3 Å². The molecule has 0 bridgehead atoms. The molecule has 0 aliphatic carbocycles. The average molecular weight is 440 g/mol. The highest BCUT2D eigenvalue weighted by atomic mass is 127. The number of nitrogens with one attached hydrogen (secondary N) is 2. The lowest BCUT2D eigenvalue weighted by Gasteiger charge is -2.14. The fraction of sp³-hybridized carbons (Fsp3) is 0.444. The maximum Gasteiger partial charge on any atom is 0.191 e. The van der Waals surface area contributed by atoms with Crippen molar-refractivity contribution in [1.82, 2.24) is 15.6 Å². The van der Waals surface area contributed by atoms with Crippen molar-refractivity contribution in [2.24, 2.45) is 10.9 Å². The van der Waals surface area contributed by atoms with Crippen LogP contribution in [0.5, 0.6) is 0 Å². The Balaban J connectivity index is 0.00000208. The quantitative estimate of drug-likeness (QED) is 0.427. The van der Waals surface area contributed by atoms with Gasteiger partial charge in [-0.2, -0.15) is 0 Å². The predicted octanol–water partition coefficient (Wildman–Crippen LogP) is 2.60. The molecule has 1 aromatic carbocycles. The van der Waals surface area contributed by atoms with Gasteiger partial charge in [-0.1, -0.05) is 24.3 Å². The summed E-state index contributed by atoms with van der Waals surface area (Å²) >= 11 is 0. The molecule has 0 spiro atoms. The zero-order valence-electron chi connectivity index (χ0n) is 14.0. The van der Waals surface area contributed by atoms with Crippen LogP contribution in [0.15, 0.2) is 41.4 Å². The number of pyridine rings is 1. The third-order valence-electron chi connectivity index (χ3n) is 4.14. The summed E-state index contributed by atoms with van der Waals surface area (Å²) in [5, 5.41) is 7.89. The monoisotopic (exact) mass is 440 g/mol. The molecule has 1 fully saturated rings. The molecule has 1 aliphatic heterocycles. The fourth-order valence-corrected chi connectivity index (χ4v) is 2.76. The SMILES string of the molecule is CN=C(NCCc1ccc2ccccc2n1)NCC1CCOC1.I. The van der Waals surface area contributed by atoms with Crippen LogP contribution in [0.1, 0.15) is 12.1 Å². The summed E-state index contributed by atoms with van der Waals surface area (Å²) in [6.45, 7) is 3.46. The van der Waals surface area contributed by atoms with Gasteiger partial charge in [-0.25, -0.2) is 0 Å². The molecule has 2 heterocycles. The Morgan fingerprint density at radius 1 is 1.25 bits per heavy atom. The molecule has 1 saturated heterocycles. The molecule has 0 saturated carbocycles. The van der Waals surface area contributed by atoms with Gasteiger partial charge in [0, 0.05) is 50.2 Å². The normalized spacial score (nSPS) is 17.5. The van der Waals surface area contributed by atoms with Gasteiger partial charge in [-0.15, -0.1) is 24.0 Å². The van der Waals surface area contributed by atoms with E-state index in [9.17, 15) is 0 Å². The van der Waals surface area contributed by atoms with Gasteiger partial charge in [-0.05, 0) is 18.6 Å². The van der Waals surface area contributed by atoms with E-state index in [4.69, 9.17) is 9.72 Å². The predicted molar refractivity (Wildman–Crippen MR) is 109 cm³/mol. The van der Waals surface area contributed by atoms with E-state index in [0.717, 1.165) is 56.3 Å². The number of aliphatic imine (C=N–C) groups is 1. The highest BCUT2D eigenvalue weighted by Gasteiger charge is 2.15. The molecule has 0 radical (unpaired) electrons. The minimum absolute atomic E-state index is 0. The summed E-state index contributed by atoms with van der Waals surface area (Å²) in [7, 11) is 1.80. The van der Waals surface area contributed by atoms with Crippen LogP contribution in [0.4, 0.5) is 0 Å². The minimum atomic E-state index is 0. The van der Waals surface area contributed by atoms with Gasteiger partial charge < -0.3 is 15.4 Å². The number of nitrogens with zero attached hydrogens (tertiary/aromatic N) is 2.